The number of nitrogens with one attached hydrogen (secondary N) is 1. The molecule has 116 valence electrons. The van der Waals surface area contributed by atoms with Crippen LogP contribution in [0.1, 0.15) is 6.92 Å². The highest BCUT2D eigenvalue weighted by atomic mass is 79.9. The fourth-order valence-electron chi connectivity index (χ4n) is 1.73. The summed E-state index contributed by atoms with van der Waals surface area (Å²) in [7, 11) is 1.59. The number of halogens is 2. The van der Waals surface area contributed by atoms with Gasteiger partial charge in [-0.1, -0.05) is 11.6 Å². The number of amides is 1. The van der Waals surface area contributed by atoms with Crippen LogP contribution in [0.25, 0.3) is 0 Å². The zero-order valence-corrected chi connectivity index (χ0v) is 14.4. The SMILES string of the molecule is COc1ccc(O[C@H](C)C(=O)Nc2ccc(Br)c(Cl)c2)cc1. The molecule has 0 unspecified atom stereocenters. The van der Waals surface area contributed by atoms with Crippen LogP contribution >= 0.6 is 27.5 Å². The molecule has 1 atom stereocenters. The minimum absolute atomic E-state index is 0.255. The van der Waals surface area contributed by atoms with Gasteiger partial charge in [-0.15, -0.1) is 0 Å². The lowest BCUT2D eigenvalue weighted by Crippen LogP contribution is -2.30. The first-order valence-corrected chi connectivity index (χ1v) is 7.73. The fourth-order valence-corrected chi connectivity index (χ4v) is 2.16. The largest absolute Gasteiger partial charge is 0.497 e. The van der Waals surface area contributed by atoms with Crippen LogP contribution in [0.3, 0.4) is 0 Å². The van der Waals surface area contributed by atoms with Crippen LogP contribution in [-0.4, -0.2) is 19.1 Å². The molecule has 0 aromatic heterocycles. The Morgan fingerprint density at radius 2 is 1.82 bits per heavy atom. The Balaban J connectivity index is 1.97. The Morgan fingerprint density at radius 3 is 2.41 bits per heavy atom. The van der Waals surface area contributed by atoms with E-state index in [-0.39, 0.29) is 5.91 Å². The number of methoxy groups -OCH3 is 1. The summed E-state index contributed by atoms with van der Waals surface area (Å²) in [6.45, 7) is 1.68. The summed E-state index contributed by atoms with van der Waals surface area (Å²) >= 11 is 9.29. The number of hydrogen-bond donors (Lipinski definition) is 1. The molecule has 0 bridgehead atoms. The van der Waals surface area contributed by atoms with Gasteiger partial charge in [0.25, 0.3) is 5.91 Å². The van der Waals surface area contributed by atoms with Gasteiger partial charge < -0.3 is 14.8 Å². The second-order valence-electron chi connectivity index (χ2n) is 4.55. The minimum Gasteiger partial charge on any atom is -0.497 e. The predicted octanol–water partition coefficient (Wildman–Crippen LogP) is 4.52. The Morgan fingerprint density at radius 1 is 1.18 bits per heavy atom. The van der Waals surface area contributed by atoms with Gasteiger partial charge in [-0.25, -0.2) is 0 Å². The third-order valence-electron chi connectivity index (χ3n) is 2.93. The molecule has 0 saturated heterocycles. The van der Waals surface area contributed by atoms with Crippen LogP contribution in [0.5, 0.6) is 11.5 Å². The number of anilines is 1. The molecule has 2 rings (SSSR count). The van der Waals surface area contributed by atoms with Crippen molar-refractivity contribution in [3.8, 4) is 11.5 Å². The smallest absolute Gasteiger partial charge is 0.265 e. The van der Waals surface area contributed by atoms with E-state index in [0.717, 1.165) is 10.2 Å². The van der Waals surface area contributed by atoms with Crippen molar-refractivity contribution in [1.82, 2.24) is 0 Å². The second kappa shape index (κ2) is 7.51. The molecule has 22 heavy (non-hydrogen) atoms. The average Bonchev–Trinajstić information content (AvgIpc) is 2.51. The van der Waals surface area contributed by atoms with Crippen molar-refractivity contribution in [2.45, 2.75) is 13.0 Å². The lowest BCUT2D eigenvalue weighted by atomic mass is 10.3. The predicted molar refractivity (Wildman–Crippen MR) is 90.9 cm³/mol. The van der Waals surface area contributed by atoms with E-state index in [0.29, 0.717) is 16.5 Å². The van der Waals surface area contributed by atoms with Gasteiger partial charge in [-0.05, 0) is 65.3 Å². The third-order valence-corrected chi connectivity index (χ3v) is 4.16. The highest BCUT2D eigenvalue weighted by Crippen LogP contribution is 2.25. The molecule has 0 heterocycles. The van der Waals surface area contributed by atoms with Gasteiger partial charge in [-0.2, -0.15) is 0 Å². The number of carbonyl (C=O) groups excluding carboxylic acids is 1. The van der Waals surface area contributed by atoms with E-state index in [1.165, 1.54) is 0 Å². The first-order chi connectivity index (χ1) is 10.5. The standard InChI is InChI=1S/C16H15BrClNO3/c1-10(22-13-6-4-12(21-2)5-7-13)16(20)19-11-3-8-14(17)15(18)9-11/h3-10H,1-2H3,(H,19,20)/t10-/m1/s1. The van der Waals surface area contributed by atoms with Crippen molar-refractivity contribution < 1.29 is 14.3 Å². The Labute approximate surface area is 142 Å². The van der Waals surface area contributed by atoms with Crippen LogP contribution in [0.4, 0.5) is 5.69 Å². The summed E-state index contributed by atoms with van der Waals surface area (Å²) < 4.78 is 11.4. The molecule has 6 heteroatoms. The molecule has 0 aliphatic heterocycles. The van der Waals surface area contributed by atoms with Crippen molar-refractivity contribution in [2.75, 3.05) is 12.4 Å². The second-order valence-corrected chi connectivity index (χ2v) is 5.82. The molecule has 0 fully saturated rings. The van der Waals surface area contributed by atoms with Gasteiger partial charge in [0.1, 0.15) is 11.5 Å². The molecule has 4 nitrogen and oxygen atoms in total. The molecule has 0 saturated carbocycles. The number of carbonyl (C=O) groups is 1. The first kappa shape index (κ1) is 16.6. The monoisotopic (exact) mass is 383 g/mol. The third kappa shape index (κ3) is 4.39. The molecule has 0 aliphatic carbocycles. The molecule has 2 aromatic carbocycles. The maximum atomic E-state index is 12.1. The van der Waals surface area contributed by atoms with Crippen LogP contribution < -0.4 is 14.8 Å². The summed E-state index contributed by atoms with van der Waals surface area (Å²) in [5, 5.41) is 3.29. The van der Waals surface area contributed by atoms with Crippen LogP contribution in [0, 0.1) is 0 Å². The van der Waals surface area contributed by atoms with E-state index in [9.17, 15) is 4.79 Å². The highest BCUT2D eigenvalue weighted by Gasteiger charge is 2.15. The van der Waals surface area contributed by atoms with Crippen LogP contribution in [0.2, 0.25) is 5.02 Å². The van der Waals surface area contributed by atoms with Crippen molar-refractivity contribution in [2.24, 2.45) is 0 Å². The summed E-state index contributed by atoms with van der Waals surface area (Å²) in [4.78, 5) is 12.1. The van der Waals surface area contributed by atoms with Crippen molar-refractivity contribution in [3.63, 3.8) is 0 Å². The fraction of sp³-hybridized carbons (Fsp3) is 0.188. The molecule has 0 radical (unpaired) electrons. The van der Waals surface area contributed by atoms with E-state index in [2.05, 4.69) is 21.2 Å². The van der Waals surface area contributed by atoms with E-state index < -0.39 is 6.10 Å². The molecule has 2 aromatic rings. The van der Waals surface area contributed by atoms with E-state index >= 15 is 0 Å². The van der Waals surface area contributed by atoms with E-state index in [4.69, 9.17) is 21.1 Å². The van der Waals surface area contributed by atoms with Gasteiger partial charge in [0.15, 0.2) is 6.10 Å². The average molecular weight is 385 g/mol. The summed E-state index contributed by atoms with van der Waals surface area (Å²) in [5.41, 5.74) is 0.614. The van der Waals surface area contributed by atoms with Crippen LogP contribution in [-0.2, 0) is 4.79 Å². The van der Waals surface area contributed by atoms with Crippen LogP contribution in [0.15, 0.2) is 46.9 Å². The topological polar surface area (TPSA) is 47.6 Å². The number of rotatable bonds is 5. The van der Waals surface area contributed by atoms with Gasteiger partial charge in [-0.3, -0.25) is 4.79 Å². The Hall–Kier alpha value is -1.72. The van der Waals surface area contributed by atoms with Crippen molar-refractivity contribution in [1.29, 1.82) is 0 Å². The maximum absolute atomic E-state index is 12.1. The minimum atomic E-state index is -0.643. The van der Waals surface area contributed by atoms with Crippen molar-refractivity contribution >= 4 is 39.1 Å². The first-order valence-electron chi connectivity index (χ1n) is 6.56. The normalized spacial score (nSPS) is 11.6. The summed E-state index contributed by atoms with van der Waals surface area (Å²) in [5.74, 6) is 1.07. The number of hydrogen-bond acceptors (Lipinski definition) is 3. The van der Waals surface area contributed by atoms with Gasteiger partial charge >= 0.3 is 0 Å². The van der Waals surface area contributed by atoms with Gasteiger partial charge in [0.05, 0.1) is 12.1 Å². The molecule has 0 spiro atoms. The summed E-state index contributed by atoms with van der Waals surface area (Å²) in [6, 6.07) is 12.2. The lowest BCUT2D eigenvalue weighted by Gasteiger charge is -2.15. The molecular formula is C16H15BrClNO3. The van der Waals surface area contributed by atoms with Gasteiger partial charge in [0, 0.05) is 10.2 Å². The van der Waals surface area contributed by atoms with Gasteiger partial charge in [0.2, 0.25) is 0 Å². The number of ether oxygens (including phenoxy) is 2. The Bertz CT molecular complexity index is 661. The molecule has 1 amide bonds. The zero-order valence-electron chi connectivity index (χ0n) is 12.1. The van der Waals surface area contributed by atoms with E-state index in [1.54, 1.807) is 56.5 Å². The maximum Gasteiger partial charge on any atom is 0.265 e. The zero-order chi connectivity index (χ0) is 16.1. The highest BCUT2D eigenvalue weighted by molar-refractivity contribution is 9.10. The lowest BCUT2D eigenvalue weighted by molar-refractivity contribution is -0.122. The van der Waals surface area contributed by atoms with Crippen molar-refractivity contribution in [3.05, 3.63) is 52.0 Å². The van der Waals surface area contributed by atoms with E-state index in [1.807, 2.05) is 0 Å². The molecule has 0 aliphatic rings. The quantitative estimate of drug-likeness (QED) is 0.824. The molecular weight excluding hydrogens is 370 g/mol. The Kier molecular flexibility index (Phi) is 5.69. The summed E-state index contributed by atoms with van der Waals surface area (Å²) in [6.07, 6.45) is -0.643. The number of benzene rings is 2. The molecule has 1 N–H and O–H groups in total.